The van der Waals surface area contributed by atoms with E-state index in [0.717, 1.165) is 16.7 Å². The van der Waals surface area contributed by atoms with Crippen LogP contribution in [0.2, 0.25) is 0 Å². The monoisotopic (exact) mass is 447 g/mol. The van der Waals surface area contributed by atoms with Crippen LogP contribution in [-0.2, 0) is 22.6 Å². The number of hydrogen-bond donors (Lipinski definition) is 2. The molecule has 0 saturated carbocycles. The van der Waals surface area contributed by atoms with Crippen LogP contribution in [0.4, 0.5) is 16.2 Å². The fourth-order valence-electron chi connectivity index (χ4n) is 3.38. The summed E-state index contributed by atoms with van der Waals surface area (Å²) in [4.78, 5) is 35.9. The number of carbonyl (C=O) groups is 2. The summed E-state index contributed by atoms with van der Waals surface area (Å²) in [5.74, 6) is -0.421. The molecule has 3 aromatic carbocycles. The van der Waals surface area contributed by atoms with E-state index in [0.29, 0.717) is 11.3 Å². The number of nitrogens with one attached hydrogen (secondary N) is 2. The maximum atomic E-state index is 13.0. The van der Waals surface area contributed by atoms with Gasteiger partial charge in [0.2, 0.25) is 5.91 Å². The Bertz CT molecular complexity index is 1110. The van der Waals surface area contributed by atoms with Gasteiger partial charge in [0.1, 0.15) is 12.6 Å². The van der Waals surface area contributed by atoms with E-state index in [1.165, 1.54) is 12.1 Å². The number of nitrogens with zero attached hydrogens (tertiary/aromatic N) is 1. The molecule has 0 bridgehead atoms. The number of benzene rings is 3. The fraction of sp³-hybridized carbons (Fsp3) is 0.200. The largest absolute Gasteiger partial charge is 0.445 e. The summed E-state index contributed by atoms with van der Waals surface area (Å²) in [6, 6.07) is 19.8. The van der Waals surface area contributed by atoms with Crippen LogP contribution in [0.15, 0.2) is 72.8 Å². The molecule has 0 aliphatic rings. The Kier molecular flexibility index (Phi) is 7.75. The number of nitro groups is 1. The van der Waals surface area contributed by atoms with E-state index in [1.54, 1.807) is 12.1 Å². The van der Waals surface area contributed by atoms with E-state index in [9.17, 15) is 19.7 Å². The predicted octanol–water partition coefficient (Wildman–Crippen LogP) is 4.69. The Morgan fingerprint density at radius 3 is 2.18 bits per heavy atom. The van der Waals surface area contributed by atoms with Crippen molar-refractivity contribution >= 4 is 23.4 Å². The van der Waals surface area contributed by atoms with Crippen LogP contribution in [0.3, 0.4) is 0 Å². The van der Waals surface area contributed by atoms with Gasteiger partial charge in [-0.15, -0.1) is 0 Å². The average molecular weight is 447 g/mol. The molecule has 0 fully saturated rings. The van der Waals surface area contributed by atoms with E-state index in [-0.39, 0.29) is 18.7 Å². The van der Waals surface area contributed by atoms with Crippen molar-refractivity contribution < 1.29 is 19.2 Å². The molecular weight excluding hydrogens is 422 g/mol. The van der Waals surface area contributed by atoms with Gasteiger partial charge < -0.3 is 15.4 Å². The van der Waals surface area contributed by atoms with Crippen LogP contribution in [0.25, 0.3) is 0 Å². The first-order valence-corrected chi connectivity index (χ1v) is 10.4. The Morgan fingerprint density at radius 2 is 1.58 bits per heavy atom. The highest BCUT2D eigenvalue weighted by molar-refractivity contribution is 5.96. The van der Waals surface area contributed by atoms with Crippen LogP contribution >= 0.6 is 0 Å². The molecule has 8 nitrogen and oxygen atoms in total. The highest BCUT2D eigenvalue weighted by atomic mass is 16.6. The van der Waals surface area contributed by atoms with Crippen molar-refractivity contribution in [2.45, 2.75) is 32.9 Å². The van der Waals surface area contributed by atoms with Gasteiger partial charge in [0.15, 0.2) is 0 Å². The minimum Gasteiger partial charge on any atom is -0.445 e. The van der Waals surface area contributed by atoms with Gasteiger partial charge in [-0.3, -0.25) is 14.9 Å². The van der Waals surface area contributed by atoms with Gasteiger partial charge in [0.25, 0.3) is 5.69 Å². The van der Waals surface area contributed by atoms with Gasteiger partial charge in [-0.05, 0) is 48.2 Å². The van der Waals surface area contributed by atoms with Crippen LogP contribution in [0, 0.1) is 24.0 Å². The zero-order valence-corrected chi connectivity index (χ0v) is 18.4. The summed E-state index contributed by atoms with van der Waals surface area (Å²) < 4.78 is 5.27. The molecule has 2 N–H and O–H groups in total. The third kappa shape index (κ3) is 7.17. The van der Waals surface area contributed by atoms with E-state index in [2.05, 4.69) is 10.6 Å². The van der Waals surface area contributed by atoms with E-state index >= 15 is 0 Å². The number of hydrogen-bond acceptors (Lipinski definition) is 5. The van der Waals surface area contributed by atoms with Gasteiger partial charge in [-0.1, -0.05) is 48.5 Å². The van der Waals surface area contributed by atoms with Gasteiger partial charge in [-0.25, -0.2) is 4.79 Å². The van der Waals surface area contributed by atoms with E-state index < -0.39 is 23.0 Å². The molecule has 0 aliphatic carbocycles. The lowest BCUT2D eigenvalue weighted by molar-refractivity contribution is -0.384. The highest BCUT2D eigenvalue weighted by Crippen LogP contribution is 2.16. The lowest BCUT2D eigenvalue weighted by atomic mass is 10.0. The lowest BCUT2D eigenvalue weighted by Crippen LogP contribution is -2.45. The SMILES string of the molecule is Cc1cc(C)cc(NC(=O)[C@H](Cc2ccc([N+](=O)[O-])cc2)NC(=O)OCc2ccccc2)c1. The highest BCUT2D eigenvalue weighted by Gasteiger charge is 2.23. The number of rotatable bonds is 8. The first-order valence-electron chi connectivity index (χ1n) is 10.4. The molecule has 1 atom stereocenters. The van der Waals surface area contributed by atoms with Crippen LogP contribution in [0.5, 0.6) is 0 Å². The van der Waals surface area contributed by atoms with E-state index in [4.69, 9.17) is 4.74 Å². The van der Waals surface area contributed by atoms with Crippen LogP contribution in [0.1, 0.15) is 22.3 Å². The maximum absolute atomic E-state index is 13.0. The molecule has 33 heavy (non-hydrogen) atoms. The lowest BCUT2D eigenvalue weighted by Gasteiger charge is -2.19. The standard InChI is InChI=1S/C25H25N3O5/c1-17-12-18(2)14-21(13-17)26-24(29)23(15-19-8-10-22(11-9-19)28(31)32)27-25(30)33-16-20-6-4-3-5-7-20/h3-14,23H,15-16H2,1-2H3,(H,26,29)(H,27,30)/t23-/m0/s1. The Hall–Kier alpha value is -4.20. The smallest absolute Gasteiger partial charge is 0.408 e. The number of aryl methyl sites for hydroxylation is 2. The molecule has 0 aliphatic heterocycles. The molecule has 0 spiro atoms. The third-order valence-electron chi connectivity index (χ3n) is 4.90. The summed E-state index contributed by atoms with van der Waals surface area (Å²) in [6.45, 7) is 3.92. The molecule has 0 saturated heterocycles. The Morgan fingerprint density at radius 1 is 0.939 bits per heavy atom. The van der Waals surface area contributed by atoms with Crippen LogP contribution < -0.4 is 10.6 Å². The summed E-state index contributed by atoms with van der Waals surface area (Å²) >= 11 is 0. The molecule has 3 rings (SSSR count). The average Bonchev–Trinajstić information content (AvgIpc) is 2.77. The first kappa shape index (κ1) is 23.5. The van der Waals surface area contributed by atoms with Gasteiger partial charge in [0.05, 0.1) is 4.92 Å². The third-order valence-corrected chi connectivity index (χ3v) is 4.90. The predicted molar refractivity (Wildman–Crippen MR) is 125 cm³/mol. The molecular formula is C25H25N3O5. The molecule has 0 radical (unpaired) electrons. The molecule has 0 heterocycles. The van der Waals surface area contributed by atoms with Gasteiger partial charge in [-0.2, -0.15) is 0 Å². The zero-order chi connectivity index (χ0) is 23.8. The normalized spacial score (nSPS) is 11.3. The van der Waals surface area contributed by atoms with Gasteiger partial charge >= 0.3 is 6.09 Å². The molecule has 8 heteroatoms. The topological polar surface area (TPSA) is 111 Å². The second-order valence-corrected chi connectivity index (χ2v) is 7.75. The molecule has 0 unspecified atom stereocenters. The fourth-order valence-corrected chi connectivity index (χ4v) is 3.38. The molecule has 0 aromatic heterocycles. The van der Waals surface area contributed by atoms with Crippen molar-refractivity contribution in [1.82, 2.24) is 5.32 Å². The number of non-ortho nitro benzene ring substituents is 1. The summed E-state index contributed by atoms with van der Waals surface area (Å²) in [7, 11) is 0. The van der Waals surface area contributed by atoms with Crippen molar-refractivity contribution in [2.75, 3.05) is 5.32 Å². The number of nitro benzene ring substituents is 1. The number of anilines is 1. The minimum absolute atomic E-state index is 0.0507. The van der Waals surface area contributed by atoms with Crippen molar-refractivity contribution in [3.8, 4) is 0 Å². The number of amides is 2. The van der Waals surface area contributed by atoms with Crippen LogP contribution in [-0.4, -0.2) is 23.0 Å². The minimum atomic E-state index is -0.949. The Labute approximate surface area is 191 Å². The quantitative estimate of drug-likeness (QED) is 0.385. The molecule has 170 valence electrons. The maximum Gasteiger partial charge on any atom is 0.408 e. The van der Waals surface area contributed by atoms with Crippen molar-refractivity contribution in [2.24, 2.45) is 0 Å². The Balaban J connectivity index is 1.73. The van der Waals surface area contributed by atoms with Crippen molar-refractivity contribution in [3.63, 3.8) is 0 Å². The van der Waals surface area contributed by atoms with Crippen molar-refractivity contribution in [1.29, 1.82) is 0 Å². The summed E-state index contributed by atoms with van der Waals surface area (Å²) in [5, 5.41) is 16.4. The number of alkyl carbamates (subject to hydrolysis) is 1. The number of carbonyl (C=O) groups excluding carboxylic acids is 2. The van der Waals surface area contributed by atoms with Gasteiger partial charge in [0, 0.05) is 24.2 Å². The van der Waals surface area contributed by atoms with E-state index in [1.807, 2.05) is 62.4 Å². The summed E-state index contributed by atoms with van der Waals surface area (Å²) in [5.41, 5.74) is 4.03. The first-order chi connectivity index (χ1) is 15.8. The second-order valence-electron chi connectivity index (χ2n) is 7.75. The zero-order valence-electron chi connectivity index (χ0n) is 18.4. The summed E-state index contributed by atoms with van der Waals surface area (Å²) in [6.07, 6.45) is -0.601. The second kappa shape index (κ2) is 10.9. The molecule has 3 aromatic rings. The number of ether oxygens (including phenoxy) is 1. The molecule has 2 amide bonds. The van der Waals surface area contributed by atoms with Crippen molar-refractivity contribution in [3.05, 3.63) is 105 Å².